The third-order valence-corrected chi connectivity index (χ3v) is 3.78. The molecule has 1 fully saturated rings. The van der Waals surface area contributed by atoms with Crippen molar-refractivity contribution in [3.63, 3.8) is 0 Å². The van der Waals surface area contributed by atoms with Gasteiger partial charge in [-0.1, -0.05) is 0 Å². The molecule has 1 aromatic rings. The highest BCUT2D eigenvalue weighted by Gasteiger charge is 2.20. The van der Waals surface area contributed by atoms with Crippen LogP contribution >= 0.6 is 15.9 Å². The van der Waals surface area contributed by atoms with Gasteiger partial charge in [0.2, 0.25) is 0 Å². The van der Waals surface area contributed by atoms with Gasteiger partial charge in [-0.05, 0) is 34.1 Å². The van der Waals surface area contributed by atoms with Gasteiger partial charge in [-0.15, -0.1) is 0 Å². The summed E-state index contributed by atoms with van der Waals surface area (Å²) in [5.41, 5.74) is 1.68. The van der Waals surface area contributed by atoms with Gasteiger partial charge in [0, 0.05) is 30.7 Å². The highest BCUT2D eigenvalue weighted by atomic mass is 79.9. The molecule has 1 saturated heterocycles. The second kappa shape index (κ2) is 6.04. The Balaban J connectivity index is 2.02. The molecule has 5 nitrogen and oxygen atoms in total. The topological polar surface area (TPSA) is 67.6 Å². The molecule has 0 amide bonds. The maximum Gasteiger partial charge on any atom is 0.317 e. The molecule has 0 atom stereocenters. The first kappa shape index (κ1) is 13.8. The Hall–Kier alpha value is -1.58. The van der Waals surface area contributed by atoms with Crippen molar-refractivity contribution in [2.24, 2.45) is 0 Å². The van der Waals surface area contributed by atoms with Gasteiger partial charge in [0.15, 0.2) is 0 Å². The Morgan fingerprint density at radius 3 is 2.58 bits per heavy atom. The second-order valence-corrected chi connectivity index (χ2v) is 5.29. The van der Waals surface area contributed by atoms with Gasteiger partial charge in [-0.3, -0.25) is 9.69 Å². The van der Waals surface area contributed by atoms with Gasteiger partial charge in [0.25, 0.3) is 0 Å². The van der Waals surface area contributed by atoms with Crippen LogP contribution in [0.2, 0.25) is 0 Å². The van der Waals surface area contributed by atoms with Crippen molar-refractivity contribution in [2.45, 2.75) is 0 Å². The predicted octanol–water partition coefficient (Wildman–Crippen LogP) is 1.53. The molecule has 1 N–H and O–H groups in total. The molecule has 0 saturated carbocycles. The zero-order valence-corrected chi connectivity index (χ0v) is 11.9. The standard InChI is InChI=1S/C13H14BrN3O2/c14-11-7-10(8-15)1-2-12(11)17-5-3-16(4-6-17)9-13(18)19/h1-2,7H,3-6,9H2,(H,18,19). The van der Waals surface area contributed by atoms with Crippen LogP contribution < -0.4 is 4.90 Å². The summed E-state index contributed by atoms with van der Waals surface area (Å²) in [4.78, 5) is 14.8. The second-order valence-electron chi connectivity index (χ2n) is 4.43. The van der Waals surface area contributed by atoms with Crippen molar-refractivity contribution in [3.05, 3.63) is 28.2 Å². The molecule has 0 bridgehead atoms. The fourth-order valence-corrected chi connectivity index (χ4v) is 2.80. The molecule has 1 aromatic carbocycles. The molecule has 0 unspecified atom stereocenters. The van der Waals surface area contributed by atoms with Crippen LogP contribution in [0, 0.1) is 11.3 Å². The maximum atomic E-state index is 10.7. The van der Waals surface area contributed by atoms with E-state index in [4.69, 9.17) is 10.4 Å². The van der Waals surface area contributed by atoms with Gasteiger partial charge in [-0.2, -0.15) is 5.26 Å². The van der Waals surface area contributed by atoms with Crippen LogP contribution in [0.1, 0.15) is 5.56 Å². The van der Waals surface area contributed by atoms with Crippen LogP contribution in [0.4, 0.5) is 5.69 Å². The number of benzene rings is 1. The minimum Gasteiger partial charge on any atom is -0.480 e. The van der Waals surface area contributed by atoms with E-state index in [1.807, 2.05) is 11.0 Å². The average molecular weight is 324 g/mol. The minimum atomic E-state index is -0.784. The van der Waals surface area contributed by atoms with Crippen LogP contribution in [0.3, 0.4) is 0 Å². The molecule has 2 rings (SSSR count). The van der Waals surface area contributed by atoms with Crippen molar-refractivity contribution < 1.29 is 9.90 Å². The molecule has 0 aromatic heterocycles. The molecule has 1 heterocycles. The van der Waals surface area contributed by atoms with Crippen LogP contribution in [-0.2, 0) is 4.79 Å². The van der Waals surface area contributed by atoms with E-state index in [1.54, 1.807) is 12.1 Å². The van der Waals surface area contributed by atoms with Gasteiger partial charge in [0.1, 0.15) is 0 Å². The quantitative estimate of drug-likeness (QED) is 0.913. The van der Waals surface area contributed by atoms with E-state index in [1.165, 1.54) is 0 Å². The van der Waals surface area contributed by atoms with Crippen molar-refractivity contribution >= 4 is 27.6 Å². The van der Waals surface area contributed by atoms with Crippen LogP contribution in [0.5, 0.6) is 0 Å². The fraction of sp³-hybridized carbons (Fsp3) is 0.385. The number of aliphatic carboxylic acids is 1. The monoisotopic (exact) mass is 323 g/mol. The smallest absolute Gasteiger partial charge is 0.317 e. The van der Waals surface area contributed by atoms with Crippen molar-refractivity contribution in [2.75, 3.05) is 37.6 Å². The lowest BCUT2D eigenvalue weighted by atomic mass is 10.2. The summed E-state index contributed by atoms with van der Waals surface area (Å²) in [6.45, 7) is 3.15. The lowest BCUT2D eigenvalue weighted by Crippen LogP contribution is -2.48. The zero-order chi connectivity index (χ0) is 13.8. The molecule has 19 heavy (non-hydrogen) atoms. The van der Waals surface area contributed by atoms with E-state index < -0.39 is 5.97 Å². The van der Waals surface area contributed by atoms with E-state index in [0.29, 0.717) is 5.56 Å². The molecule has 1 aliphatic heterocycles. The number of piperazine rings is 1. The SMILES string of the molecule is N#Cc1ccc(N2CCN(CC(=O)O)CC2)c(Br)c1. The van der Waals surface area contributed by atoms with Gasteiger partial charge in [0.05, 0.1) is 23.9 Å². The first-order valence-electron chi connectivity index (χ1n) is 5.99. The highest BCUT2D eigenvalue weighted by Crippen LogP contribution is 2.28. The fourth-order valence-electron chi connectivity index (χ4n) is 2.17. The summed E-state index contributed by atoms with van der Waals surface area (Å²) >= 11 is 3.48. The number of hydrogen-bond acceptors (Lipinski definition) is 4. The number of rotatable bonds is 3. The third kappa shape index (κ3) is 3.46. The van der Waals surface area contributed by atoms with Crippen molar-refractivity contribution in [3.8, 4) is 6.07 Å². The van der Waals surface area contributed by atoms with Crippen molar-refractivity contribution in [1.29, 1.82) is 5.26 Å². The molecular formula is C13H14BrN3O2. The number of halogens is 1. The normalized spacial score (nSPS) is 16.1. The first-order valence-corrected chi connectivity index (χ1v) is 6.78. The zero-order valence-electron chi connectivity index (χ0n) is 10.3. The van der Waals surface area contributed by atoms with Gasteiger partial charge < -0.3 is 10.0 Å². The van der Waals surface area contributed by atoms with E-state index in [0.717, 1.165) is 36.3 Å². The summed E-state index contributed by atoms with van der Waals surface area (Å²) in [5.74, 6) is -0.784. The predicted molar refractivity (Wildman–Crippen MR) is 75.1 cm³/mol. The summed E-state index contributed by atoms with van der Waals surface area (Å²) in [5, 5.41) is 17.6. The van der Waals surface area contributed by atoms with Crippen LogP contribution in [-0.4, -0.2) is 48.7 Å². The lowest BCUT2D eigenvalue weighted by Gasteiger charge is -2.35. The molecule has 6 heteroatoms. The Bertz CT molecular complexity index is 519. The summed E-state index contributed by atoms with van der Waals surface area (Å²) in [6, 6.07) is 7.63. The van der Waals surface area contributed by atoms with Gasteiger partial charge in [-0.25, -0.2) is 0 Å². The number of nitrogens with zero attached hydrogens (tertiary/aromatic N) is 3. The summed E-state index contributed by atoms with van der Waals surface area (Å²) in [7, 11) is 0. The number of carbonyl (C=O) groups is 1. The lowest BCUT2D eigenvalue weighted by molar-refractivity contribution is -0.138. The summed E-state index contributed by atoms with van der Waals surface area (Å²) < 4.78 is 0.901. The van der Waals surface area contributed by atoms with Crippen LogP contribution in [0.15, 0.2) is 22.7 Å². The molecular weight excluding hydrogens is 310 g/mol. The van der Waals surface area contributed by atoms with E-state index in [-0.39, 0.29) is 6.54 Å². The molecule has 0 spiro atoms. The first-order chi connectivity index (χ1) is 9.10. The third-order valence-electron chi connectivity index (χ3n) is 3.15. The average Bonchev–Trinajstić information content (AvgIpc) is 2.39. The number of anilines is 1. The Morgan fingerprint density at radius 2 is 2.05 bits per heavy atom. The summed E-state index contributed by atoms with van der Waals surface area (Å²) in [6.07, 6.45) is 0. The van der Waals surface area contributed by atoms with E-state index in [2.05, 4.69) is 26.9 Å². The Kier molecular flexibility index (Phi) is 4.40. The molecule has 1 aliphatic rings. The Labute approximate surface area is 120 Å². The van der Waals surface area contributed by atoms with Crippen LogP contribution in [0.25, 0.3) is 0 Å². The Morgan fingerprint density at radius 1 is 1.37 bits per heavy atom. The van der Waals surface area contributed by atoms with Gasteiger partial charge >= 0.3 is 5.97 Å². The number of carboxylic acids is 1. The van der Waals surface area contributed by atoms with E-state index >= 15 is 0 Å². The number of hydrogen-bond donors (Lipinski definition) is 1. The van der Waals surface area contributed by atoms with Crippen molar-refractivity contribution in [1.82, 2.24) is 4.90 Å². The number of nitriles is 1. The largest absolute Gasteiger partial charge is 0.480 e. The highest BCUT2D eigenvalue weighted by molar-refractivity contribution is 9.10. The number of carboxylic acid groups (broad SMARTS) is 1. The minimum absolute atomic E-state index is 0.0996. The molecule has 0 aliphatic carbocycles. The molecule has 100 valence electrons. The van der Waals surface area contributed by atoms with E-state index in [9.17, 15) is 4.79 Å². The molecule has 0 radical (unpaired) electrons. The maximum absolute atomic E-state index is 10.7.